The van der Waals surface area contributed by atoms with Crippen LogP contribution in [0.4, 0.5) is 0 Å². The molecule has 0 fully saturated rings. The molecule has 1 amide bonds. The number of fused-ring (bicyclic) bond motifs is 1. The molecule has 2 aromatic carbocycles. The summed E-state index contributed by atoms with van der Waals surface area (Å²) in [6.45, 7) is 3.65. The van der Waals surface area contributed by atoms with Crippen molar-refractivity contribution in [2.75, 3.05) is 20.3 Å². The molecule has 0 saturated carbocycles. The van der Waals surface area contributed by atoms with E-state index in [2.05, 4.69) is 4.99 Å². The lowest BCUT2D eigenvalue weighted by Gasteiger charge is -2.07. The van der Waals surface area contributed by atoms with Crippen molar-refractivity contribution in [3.63, 3.8) is 0 Å². The van der Waals surface area contributed by atoms with Crippen LogP contribution in [0, 0.1) is 0 Å². The molecule has 0 spiro atoms. The molecule has 136 valence electrons. The molecule has 0 radical (unpaired) electrons. The number of nitrogens with zero attached hydrogens (tertiary/aromatic N) is 2. The molecule has 0 saturated heterocycles. The Morgan fingerprint density at radius 1 is 1.23 bits per heavy atom. The van der Waals surface area contributed by atoms with E-state index in [-0.39, 0.29) is 5.91 Å². The molecule has 1 aromatic heterocycles. The van der Waals surface area contributed by atoms with Crippen molar-refractivity contribution in [2.24, 2.45) is 4.99 Å². The SMILES string of the molecule is CCOCCn1c(=NC(=O)c2ccccc2OC)sc2cccc(Cl)c21. The molecule has 0 aliphatic carbocycles. The van der Waals surface area contributed by atoms with Crippen LogP contribution >= 0.6 is 22.9 Å². The second kappa shape index (κ2) is 8.49. The van der Waals surface area contributed by atoms with Gasteiger partial charge in [-0.15, -0.1) is 0 Å². The molecule has 0 N–H and O–H groups in total. The smallest absolute Gasteiger partial charge is 0.283 e. The highest BCUT2D eigenvalue weighted by molar-refractivity contribution is 7.16. The maximum Gasteiger partial charge on any atom is 0.283 e. The van der Waals surface area contributed by atoms with Gasteiger partial charge in [0.15, 0.2) is 4.80 Å². The molecule has 3 rings (SSSR count). The first kappa shape index (κ1) is 18.6. The molecule has 7 heteroatoms. The first-order chi connectivity index (χ1) is 12.7. The molecule has 1 heterocycles. The van der Waals surface area contributed by atoms with Crippen molar-refractivity contribution in [2.45, 2.75) is 13.5 Å². The predicted octanol–water partition coefficient (Wildman–Crippen LogP) is 4.14. The number of benzene rings is 2. The largest absolute Gasteiger partial charge is 0.496 e. The number of amides is 1. The molecule has 5 nitrogen and oxygen atoms in total. The fourth-order valence-corrected chi connectivity index (χ4v) is 4.06. The Kier molecular flexibility index (Phi) is 6.08. The number of thiazole rings is 1. The zero-order valence-corrected chi connectivity index (χ0v) is 16.1. The van der Waals surface area contributed by atoms with Crippen molar-refractivity contribution >= 4 is 39.1 Å². The van der Waals surface area contributed by atoms with E-state index in [1.54, 1.807) is 18.2 Å². The summed E-state index contributed by atoms with van der Waals surface area (Å²) in [5.74, 6) is 0.150. The molecule has 0 aliphatic rings. The summed E-state index contributed by atoms with van der Waals surface area (Å²) in [6, 6.07) is 12.7. The van der Waals surface area contributed by atoms with E-state index in [4.69, 9.17) is 21.1 Å². The second-order valence-corrected chi connectivity index (χ2v) is 6.85. The van der Waals surface area contributed by atoms with Gasteiger partial charge in [-0.1, -0.05) is 41.1 Å². The quantitative estimate of drug-likeness (QED) is 0.594. The molecular formula is C19H19ClN2O3S. The van der Waals surface area contributed by atoms with Gasteiger partial charge >= 0.3 is 0 Å². The van der Waals surface area contributed by atoms with Crippen LogP contribution in [0.15, 0.2) is 47.5 Å². The van der Waals surface area contributed by atoms with Gasteiger partial charge in [0.2, 0.25) is 0 Å². The van der Waals surface area contributed by atoms with Crippen LogP contribution in [0.25, 0.3) is 10.2 Å². The Labute approximate surface area is 160 Å². The van der Waals surface area contributed by atoms with Gasteiger partial charge in [0.05, 0.1) is 34.5 Å². The first-order valence-corrected chi connectivity index (χ1v) is 9.42. The summed E-state index contributed by atoms with van der Waals surface area (Å²) in [5, 5.41) is 0.626. The lowest BCUT2D eigenvalue weighted by atomic mass is 10.2. The summed E-state index contributed by atoms with van der Waals surface area (Å²) in [7, 11) is 1.54. The number of hydrogen-bond donors (Lipinski definition) is 0. The Morgan fingerprint density at radius 2 is 2.04 bits per heavy atom. The van der Waals surface area contributed by atoms with Crippen molar-refractivity contribution in [1.29, 1.82) is 0 Å². The molecular weight excluding hydrogens is 372 g/mol. The minimum Gasteiger partial charge on any atom is -0.496 e. The van der Waals surface area contributed by atoms with Gasteiger partial charge in [-0.2, -0.15) is 4.99 Å². The van der Waals surface area contributed by atoms with Gasteiger partial charge < -0.3 is 14.0 Å². The van der Waals surface area contributed by atoms with Crippen LogP contribution in [0.2, 0.25) is 5.02 Å². The number of rotatable bonds is 6. The van der Waals surface area contributed by atoms with E-state index < -0.39 is 0 Å². The first-order valence-electron chi connectivity index (χ1n) is 8.23. The number of hydrogen-bond acceptors (Lipinski definition) is 4. The lowest BCUT2D eigenvalue weighted by molar-refractivity contribution is 0.0993. The number of aromatic nitrogens is 1. The average molecular weight is 391 g/mol. The predicted molar refractivity (Wildman–Crippen MR) is 104 cm³/mol. The van der Waals surface area contributed by atoms with Crippen molar-refractivity contribution in [1.82, 2.24) is 4.57 Å². The van der Waals surface area contributed by atoms with Crippen LogP contribution in [-0.4, -0.2) is 30.8 Å². The van der Waals surface area contributed by atoms with E-state index in [1.807, 2.05) is 35.8 Å². The van der Waals surface area contributed by atoms with Crippen molar-refractivity contribution < 1.29 is 14.3 Å². The molecule has 0 unspecified atom stereocenters. The van der Waals surface area contributed by atoms with Crippen LogP contribution < -0.4 is 9.54 Å². The summed E-state index contributed by atoms with van der Waals surface area (Å²) in [6.07, 6.45) is 0. The topological polar surface area (TPSA) is 52.8 Å². The number of methoxy groups -OCH3 is 1. The normalized spacial score (nSPS) is 11.9. The highest BCUT2D eigenvalue weighted by Crippen LogP contribution is 2.25. The molecule has 26 heavy (non-hydrogen) atoms. The zero-order valence-electron chi connectivity index (χ0n) is 14.6. The van der Waals surface area contributed by atoms with Crippen LogP contribution in [0.3, 0.4) is 0 Å². The van der Waals surface area contributed by atoms with Crippen LogP contribution in [0.5, 0.6) is 5.75 Å². The number of para-hydroxylation sites is 2. The Bertz CT molecular complexity index is 994. The minimum absolute atomic E-state index is 0.352. The van der Waals surface area contributed by atoms with E-state index in [9.17, 15) is 4.79 Å². The number of carbonyl (C=O) groups excluding carboxylic acids is 1. The lowest BCUT2D eigenvalue weighted by Crippen LogP contribution is -2.20. The van der Waals surface area contributed by atoms with E-state index in [0.717, 1.165) is 10.2 Å². The Balaban J connectivity index is 2.11. The van der Waals surface area contributed by atoms with Crippen molar-refractivity contribution in [3.8, 4) is 5.75 Å². The Morgan fingerprint density at radius 3 is 2.81 bits per heavy atom. The van der Waals surface area contributed by atoms with E-state index in [0.29, 0.717) is 40.9 Å². The maximum absolute atomic E-state index is 12.7. The Hall–Kier alpha value is -2.15. The number of carbonyl (C=O) groups is 1. The van der Waals surface area contributed by atoms with Gasteiger partial charge in [0.1, 0.15) is 5.75 Å². The van der Waals surface area contributed by atoms with E-state index >= 15 is 0 Å². The third-order valence-electron chi connectivity index (χ3n) is 3.85. The third-order valence-corrected chi connectivity index (χ3v) is 5.20. The van der Waals surface area contributed by atoms with Gasteiger partial charge in [-0.05, 0) is 31.2 Å². The van der Waals surface area contributed by atoms with Gasteiger partial charge in [0.25, 0.3) is 5.91 Å². The van der Waals surface area contributed by atoms with Crippen molar-refractivity contribution in [3.05, 3.63) is 57.9 Å². The summed E-state index contributed by atoms with van der Waals surface area (Å²) in [4.78, 5) is 17.7. The number of halogens is 1. The highest BCUT2D eigenvalue weighted by atomic mass is 35.5. The highest BCUT2D eigenvalue weighted by Gasteiger charge is 2.14. The second-order valence-electron chi connectivity index (χ2n) is 5.44. The standard InChI is InChI=1S/C19H19ClN2O3S/c1-3-25-12-11-22-17-14(20)8-6-10-16(17)26-19(22)21-18(23)13-7-4-5-9-15(13)24-2/h4-10H,3,11-12H2,1-2H3. The van der Waals surface area contributed by atoms with Gasteiger partial charge in [-0.3, -0.25) is 4.79 Å². The van der Waals surface area contributed by atoms with E-state index in [1.165, 1.54) is 18.4 Å². The monoisotopic (exact) mass is 390 g/mol. The van der Waals surface area contributed by atoms with Crippen LogP contribution in [0.1, 0.15) is 17.3 Å². The van der Waals surface area contributed by atoms with Gasteiger partial charge in [0, 0.05) is 13.2 Å². The fraction of sp³-hybridized carbons (Fsp3) is 0.263. The summed E-state index contributed by atoms with van der Waals surface area (Å²) >= 11 is 7.82. The molecule has 3 aromatic rings. The minimum atomic E-state index is -0.352. The number of ether oxygens (including phenoxy) is 2. The maximum atomic E-state index is 12.7. The van der Waals surface area contributed by atoms with Crippen LogP contribution in [-0.2, 0) is 11.3 Å². The third kappa shape index (κ3) is 3.82. The summed E-state index contributed by atoms with van der Waals surface area (Å²) in [5.41, 5.74) is 1.29. The van der Waals surface area contributed by atoms with Gasteiger partial charge in [-0.25, -0.2) is 0 Å². The zero-order chi connectivity index (χ0) is 18.5. The fourth-order valence-electron chi connectivity index (χ4n) is 2.65. The summed E-state index contributed by atoms with van der Waals surface area (Å²) < 4.78 is 13.6. The average Bonchev–Trinajstić information content (AvgIpc) is 3.00. The molecule has 0 atom stereocenters. The molecule has 0 bridgehead atoms. The molecule has 0 aliphatic heterocycles.